The number of likely N-dealkylation sites (tertiary alicyclic amines) is 1. The van der Waals surface area contributed by atoms with E-state index in [9.17, 15) is 13.6 Å². The van der Waals surface area contributed by atoms with E-state index in [2.05, 4.69) is 4.90 Å². The normalized spacial score (nSPS) is 20.5. The summed E-state index contributed by atoms with van der Waals surface area (Å²) in [7, 11) is 2.00. The Hall–Kier alpha value is -0.710. The molecule has 88 valence electrons. The van der Waals surface area contributed by atoms with Crippen LogP contribution in [0.15, 0.2) is 0 Å². The molecule has 1 saturated heterocycles. The van der Waals surface area contributed by atoms with E-state index in [-0.39, 0.29) is 5.92 Å². The maximum absolute atomic E-state index is 12.8. The number of nitrogens with zero attached hydrogens (tertiary/aromatic N) is 1. The summed E-state index contributed by atoms with van der Waals surface area (Å²) in [5.41, 5.74) is 0. The van der Waals surface area contributed by atoms with Crippen molar-refractivity contribution in [3.05, 3.63) is 0 Å². The zero-order chi connectivity index (χ0) is 11.5. The Balaban J connectivity index is 2.28. The number of hydrogen-bond acceptors (Lipinski definition) is 2. The second-order valence-electron chi connectivity index (χ2n) is 4.29. The quantitative estimate of drug-likeness (QED) is 0.787. The first kappa shape index (κ1) is 12.4. The van der Waals surface area contributed by atoms with Gasteiger partial charge in [0.1, 0.15) is 0 Å². The molecular formula is C10H17F2NO2. The molecule has 0 aromatic heterocycles. The summed E-state index contributed by atoms with van der Waals surface area (Å²) in [4.78, 5) is 12.3. The minimum Gasteiger partial charge on any atom is -0.477 e. The first-order chi connectivity index (χ1) is 6.92. The highest BCUT2D eigenvalue weighted by Gasteiger charge is 2.38. The molecule has 0 atom stereocenters. The van der Waals surface area contributed by atoms with Gasteiger partial charge in [-0.05, 0) is 45.3 Å². The zero-order valence-corrected chi connectivity index (χ0v) is 8.88. The molecule has 0 bridgehead atoms. The number of hydrogen-bond donors (Lipinski definition) is 1. The van der Waals surface area contributed by atoms with Gasteiger partial charge in [0.25, 0.3) is 0 Å². The van der Waals surface area contributed by atoms with Gasteiger partial charge in [-0.25, -0.2) is 4.79 Å². The molecule has 0 radical (unpaired) electrons. The molecule has 15 heavy (non-hydrogen) atoms. The van der Waals surface area contributed by atoms with E-state index in [1.807, 2.05) is 7.05 Å². The molecular weight excluding hydrogens is 204 g/mol. The van der Waals surface area contributed by atoms with Gasteiger partial charge >= 0.3 is 11.9 Å². The molecule has 5 heteroatoms. The average molecular weight is 221 g/mol. The van der Waals surface area contributed by atoms with Crippen molar-refractivity contribution in [1.82, 2.24) is 4.90 Å². The van der Waals surface area contributed by atoms with Gasteiger partial charge in [-0.1, -0.05) is 0 Å². The van der Waals surface area contributed by atoms with Crippen LogP contribution in [0.2, 0.25) is 0 Å². The predicted molar refractivity (Wildman–Crippen MR) is 52.0 cm³/mol. The van der Waals surface area contributed by atoms with Crippen molar-refractivity contribution >= 4 is 5.97 Å². The zero-order valence-electron chi connectivity index (χ0n) is 8.88. The van der Waals surface area contributed by atoms with Crippen molar-refractivity contribution in [1.29, 1.82) is 0 Å². The summed E-state index contributed by atoms with van der Waals surface area (Å²) in [6, 6.07) is 0. The molecule has 0 unspecified atom stereocenters. The van der Waals surface area contributed by atoms with E-state index in [4.69, 9.17) is 5.11 Å². The molecule has 0 saturated carbocycles. The van der Waals surface area contributed by atoms with Crippen LogP contribution in [0.1, 0.15) is 25.7 Å². The minimum absolute atomic E-state index is 0.256. The van der Waals surface area contributed by atoms with Crippen LogP contribution in [0, 0.1) is 5.92 Å². The molecule has 0 aromatic rings. The smallest absolute Gasteiger partial charge is 0.374 e. The number of carbonyl (C=O) groups is 1. The fourth-order valence-corrected chi connectivity index (χ4v) is 1.84. The second-order valence-corrected chi connectivity index (χ2v) is 4.29. The Labute approximate surface area is 88.1 Å². The van der Waals surface area contributed by atoms with Gasteiger partial charge in [-0.2, -0.15) is 8.78 Å². The third kappa shape index (κ3) is 3.74. The van der Waals surface area contributed by atoms with Crippen molar-refractivity contribution in [2.24, 2.45) is 5.92 Å². The lowest BCUT2D eigenvalue weighted by molar-refractivity contribution is -0.166. The van der Waals surface area contributed by atoms with Crippen LogP contribution in [-0.2, 0) is 4.79 Å². The van der Waals surface area contributed by atoms with Gasteiger partial charge < -0.3 is 10.0 Å². The number of aliphatic carboxylic acids is 1. The van der Waals surface area contributed by atoms with Crippen molar-refractivity contribution in [3.8, 4) is 0 Å². The summed E-state index contributed by atoms with van der Waals surface area (Å²) in [5.74, 6) is -5.30. The maximum atomic E-state index is 12.8. The third-order valence-corrected chi connectivity index (χ3v) is 3.02. The Morgan fingerprint density at radius 2 is 2.00 bits per heavy atom. The highest BCUT2D eigenvalue weighted by molar-refractivity contribution is 5.75. The Morgan fingerprint density at radius 1 is 1.47 bits per heavy atom. The van der Waals surface area contributed by atoms with Crippen molar-refractivity contribution in [2.75, 3.05) is 20.1 Å². The Morgan fingerprint density at radius 3 is 2.47 bits per heavy atom. The molecule has 0 amide bonds. The molecule has 0 aliphatic carbocycles. The van der Waals surface area contributed by atoms with Crippen molar-refractivity contribution in [2.45, 2.75) is 31.6 Å². The van der Waals surface area contributed by atoms with E-state index in [1.165, 1.54) is 0 Å². The van der Waals surface area contributed by atoms with Crippen LogP contribution in [-0.4, -0.2) is 42.0 Å². The molecule has 1 fully saturated rings. The molecule has 0 aromatic carbocycles. The van der Waals surface area contributed by atoms with Gasteiger partial charge in [-0.3, -0.25) is 0 Å². The van der Waals surface area contributed by atoms with Crippen molar-refractivity contribution < 1.29 is 18.7 Å². The highest BCUT2D eigenvalue weighted by atomic mass is 19.3. The highest BCUT2D eigenvalue weighted by Crippen LogP contribution is 2.27. The van der Waals surface area contributed by atoms with Gasteiger partial charge in [0.2, 0.25) is 0 Å². The van der Waals surface area contributed by atoms with Gasteiger partial charge in [-0.15, -0.1) is 0 Å². The Kier molecular flexibility index (Phi) is 4.02. The van der Waals surface area contributed by atoms with Crippen LogP contribution in [0.5, 0.6) is 0 Å². The molecule has 1 N–H and O–H groups in total. The van der Waals surface area contributed by atoms with E-state index in [1.54, 1.807) is 0 Å². The number of piperidine rings is 1. The minimum atomic E-state index is -3.55. The first-order valence-electron chi connectivity index (χ1n) is 5.21. The average Bonchev–Trinajstić information content (AvgIpc) is 2.17. The summed E-state index contributed by atoms with van der Waals surface area (Å²) in [5, 5.41) is 8.25. The Bertz CT molecular complexity index is 225. The van der Waals surface area contributed by atoms with Crippen molar-refractivity contribution in [3.63, 3.8) is 0 Å². The molecule has 3 nitrogen and oxygen atoms in total. The van der Waals surface area contributed by atoms with E-state index >= 15 is 0 Å². The number of alkyl halides is 2. The lowest BCUT2D eigenvalue weighted by Crippen LogP contribution is -2.33. The molecule has 1 rings (SSSR count). The number of halogens is 2. The number of carboxylic acids is 1. The topological polar surface area (TPSA) is 40.5 Å². The SMILES string of the molecule is CN1CCC(CCC(F)(F)C(=O)O)CC1. The first-order valence-corrected chi connectivity index (χ1v) is 5.21. The molecule has 0 spiro atoms. The van der Waals surface area contributed by atoms with Crippen LogP contribution < -0.4 is 0 Å². The lowest BCUT2D eigenvalue weighted by atomic mass is 9.91. The molecule has 1 aliphatic heterocycles. The van der Waals surface area contributed by atoms with E-state index in [0.717, 1.165) is 25.9 Å². The van der Waals surface area contributed by atoms with E-state index < -0.39 is 18.3 Å². The van der Waals surface area contributed by atoms with Gasteiger partial charge in [0.15, 0.2) is 0 Å². The number of carboxylic acid groups (broad SMARTS) is 1. The summed E-state index contributed by atoms with van der Waals surface area (Å²) < 4.78 is 25.5. The monoisotopic (exact) mass is 221 g/mol. The molecule has 1 aliphatic rings. The van der Waals surface area contributed by atoms with Crippen LogP contribution >= 0.6 is 0 Å². The van der Waals surface area contributed by atoms with Gasteiger partial charge in [0.05, 0.1) is 0 Å². The fourth-order valence-electron chi connectivity index (χ4n) is 1.84. The lowest BCUT2D eigenvalue weighted by Gasteiger charge is -2.29. The molecule has 1 heterocycles. The van der Waals surface area contributed by atoms with Crippen LogP contribution in [0.4, 0.5) is 8.78 Å². The summed E-state index contributed by atoms with van der Waals surface area (Å²) in [6.45, 7) is 1.84. The largest absolute Gasteiger partial charge is 0.477 e. The van der Waals surface area contributed by atoms with Crippen LogP contribution in [0.25, 0.3) is 0 Å². The summed E-state index contributed by atoms with van der Waals surface area (Å²) in [6.07, 6.45) is 1.57. The second kappa shape index (κ2) is 4.88. The van der Waals surface area contributed by atoms with E-state index in [0.29, 0.717) is 6.42 Å². The van der Waals surface area contributed by atoms with Gasteiger partial charge in [0, 0.05) is 6.42 Å². The predicted octanol–water partition coefficient (Wildman–Crippen LogP) is 1.83. The third-order valence-electron chi connectivity index (χ3n) is 3.02. The fraction of sp³-hybridized carbons (Fsp3) is 0.900. The van der Waals surface area contributed by atoms with Crippen LogP contribution in [0.3, 0.4) is 0 Å². The standard InChI is InChI=1S/C10H17F2NO2/c1-13-6-3-8(4-7-13)2-5-10(11,12)9(14)15/h8H,2-7H2,1H3,(H,14,15). The summed E-state index contributed by atoms with van der Waals surface area (Å²) >= 11 is 0. The number of rotatable bonds is 4. The maximum Gasteiger partial charge on any atom is 0.374 e.